The molecule has 3 aliphatic rings. The monoisotopic (exact) mass is 409 g/mol. The molecule has 2 N–H and O–H groups in total. The summed E-state index contributed by atoms with van der Waals surface area (Å²) in [5.74, 6) is 0.664. The van der Waals surface area contributed by atoms with Crippen LogP contribution in [0.2, 0.25) is 0 Å². The Morgan fingerprint density at radius 2 is 1.96 bits per heavy atom. The number of piperidine rings is 1. The van der Waals surface area contributed by atoms with E-state index >= 15 is 0 Å². The van der Waals surface area contributed by atoms with Gasteiger partial charge in [0, 0.05) is 25.6 Å². The molecule has 5 nitrogen and oxygen atoms in total. The summed E-state index contributed by atoms with van der Waals surface area (Å²) < 4.78 is 13.1. The van der Waals surface area contributed by atoms with Crippen molar-refractivity contribution in [1.82, 2.24) is 15.5 Å². The summed E-state index contributed by atoms with van der Waals surface area (Å²) >= 11 is 0. The van der Waals surface area contributed by atoms with Crippen molar-refractivity contribution in [3.8, 4) is 0 Å². The van der Waals surface area contributed by atoms with Gasteiger partial charge in [-0.15, -0.1) is 12.4 Å². The van der Waals surface area contributed by atoms with Gasteiger partial charge in [0.2, 0.25) is 11.8 Å². The maximum absolute atomic E-state index is 13.1. The normalized spacial score (nSPS) is 29.1. The average Bonchev–Trinajstić information content (AvgIpc) is 3.29. The van der Waals surface area contributed by atoms with Gasteiger partial charge in [-0.1, -0.05) is 12.1 Å². The van der Waals surface area contributed by atoms with Crippen LogP contribution in [-0.2, 0) is 9.59 Å². The Bertz CT molecular complexity index is 693. The molecule has 4 unspecified atom stereocenters. The van der Waals surface area contributed by atoms with Crippen LogP contribution in [0.5, 0.6) is 0 Å². The predicted molar refractivity (Wildman–Crippen MR) is 108 cm³/mol. The first-order valence-corrected chi connectivity index (χ1v) is 10.2. The molecule has 3 fully saturated rings. The van der Waals surface area contributed by atoms with Crippen molar-refractivity contribution in [3.63, 3.8) is 0 Å². The molecule has 2 heterocycles. The van der Waals surface area contributed by atoms with Crippen molar-refractivity contribution < 1.29 is 14.0 Å². The van der Waals surface area contributed by atoms with E-state index < -0.39 is 0 Å². The minimum Gasteiger partial charge on any atom is -0.354 e. The van der Waals surface area contributed by atoms with E-state index in [4.69, 9.17) is 0 Å². The van der Waals surface area contributed by atoms with Crippen LogP contribution >= 0.6 is 12.4 Å². The zero-order valence-corrected chi connectivity index (χ0v) is 16.8. The molecule has 2 amide bonds. The van der Waals surface area contributed by atoms with Gasteiger partial charge in [-0.25, -0.2) is 4.39 Å². The second kappa shape index (κ2) is 9.23. The summed E-state index contributed by atoms with van der Waals surface area (Å²) in [6, 6.07) is 6.47. The van der Waals surface area contributed by atoms with Crippen molar-refractivity contribution >= 4 is 24.2 Å². The molecule has 7 heteroatoms. The number of amides is 2. The van der Waals surface area contributed by atoms with Gasteiger partial charge in [-0.3, -0.25) is 9.59 Å². The Kier molecular flexibility index (Phi) is 6.94. The van der Waals surface area contributed by atoms with Crippen LogP contribution in [0.4, 0.5) is 4.39 Å². The Balaban J connectivity index is 0.00000225. The van der Waals surface area contributed by atoms with Gasteiger partial charge in [0.1, 0.15) is 5.82 Å². The third-order valence-corrected chi connectivity index (χ3v) is 6.18. The summed E-state index contributed by atoms with van der Waals surface area (Å²) in [6.45, 7) is 3.09. The van der Waals surface area contributed by atoms with Crippen molar-refractivity contribution in [2.24, 2.45) is 11.8 Å². The van der Waals surface area contributed by atoms with E-state index in [1.54, 1.807) is 12.1 Å². The lowest BCUT2D eigenvalue weighted by atomic mass is 9.97. The highest BCUT2D eigenvalue weighted by Crippen LogP contribution is 2.48. The molecule has 154 valence electrons. The van der Waals surface area contributed by atoms with Crippen molar-refractivity contribution in [2.75, 3.05) is 26.2 Å². The van der Waals surface area contributed by atoms with E-state index in [-0.39, 0.29) is 47.9 Å². The molecule has 1 aromatic rings. The summed E-state index contributed by atoms with van der Waals surface area (Å²) in [6.07, 6.45) is 4.86. The first-order valence-electron chi connectivity index (χ1n) is 10.2. The van der Waals surface area contributed by atoms with Crippen LogP contribution in [0, 0.1) is 17.7 Å². The number of nitrogens with one attached hydrogen (secondary N) is 2. The molecule has 2 saturated heterocycles. The van der Waals surface area contributed by atoms with Gasteiger partial charge in [0.15, 0.2) is 0 Å². The van der Waals surface area contributed by atoms with E-state index in [0.29, 0.717) is 12.5 Å². The zero-order chi connectivity index (χ0) is 18.8. The first kappa shape index (κ1) is 21.1. The fraction of sp³-hybridized carbons (Fsp3) is 0.619. The standard InChI is InChI=1S/C21H28FN3O2.ClH/c22-16-7-5-15(6-8-16)17-11-18(17)21(27)25-10-2-3-14(13-25)12-24-20(26)19-4-1-9-23-19;/h5-8,14,17-19,23H,1-4,9-13H2,(H,24,26);1H. The largest absolute Gasteiger partial charge is 0.354 e. The highest BCUT2D eigenvalue weighted by atomic mass is 35.5. The molecule has 28 heavy (non-hydrogen) atoms. The third kappa shape index (κ3) is 4.84. The van der Waals surface area contributed by atoms with E-state index in [0.717, 1.165) is 57.3 Å². The van der Waals surface area contributed by atoms with E-state index in [1.165, 1.54) is 12.1 Å². The molecule has 0 spiro atoms. The van der Waals surface area contributed by atoms with E-state index in [1.807, 2.05) is 4.90 Å². The lowest BCUT2D eigenvalue weighted by Crippen LogP contribution is -2.47. The zero-order valence-electron chi connectivity index (χ0n) is 16.0. The van der Waals surface area contributed by atoms with Crippen LogP contribution in [0.25, 0.3) is 0 Å². The van der Waals surface area contributed by atoms with Gasteiger partial charge in [-0.05, 0) is 68.2 Å². The number of hydrogen-bond donors (Lipinski definition) is 2. The first-order chi connectivity index (χ1) is 13.1. The quantitative estimate of drug-likeness (QED) is 0.785. The number of nitrogens with zero attached hydrogens (tertiary/aromatic N) is 1. The molecule has 1 saturated carbocycles. The minimum atomic E-state index is -0.240. The van der Waals surface area contributed by atoms with Gasteiger partial charge in [0.05, 0.1) is 6.04 Å². The Morgan fingerprint density at radius 3 is 2.68 bits per heavy atom. The molecule has 4 rings (SSSR count). The maximum Gasteiger partial charge on any atom is 0.237 e. The highest BCUT2D eigenvalue weighted by molar-refractivity contribution is 5.85. The number of carbonyl (C=O) groups excluding carboxylic acids is 2. The molecule has 0 radical (unpaired) electrons. The topological polar surface area (TPSA) is 61.4 Å². The molecule has 0 aromatic heterocycles. The molecule has 0 bridgehead atoms. The van der Waals surface area contributed by atoms with E-state index in [2.05, 4.69) is 10.6 Å². The summed E-state index contributed by atoms with van der Waals surface area (Å²) in [4.78, 5) is 27.0. The number of rotatable bonds is 5. The van der Waals surface area contributed by atoms with Crippen molar-refractivity contribution in [3.05, 3.63) is 35.6 Å². The van der Waals surface area contributed by atoms with Gasteiger partial charge in [0.25, 0.3) is 0 Å². The molecular formula is C21H29ClFN3O2. The molecule has 1 aliphatic carbocycles. The van der Waals surface area contributed by atoms with Crippen LogP contribution in [-0.4, -0.2) is 48.9 Å². The lowest BCUT2D eigenvalue weighted by Gasteiger charge is -2.33. The van der Waals surface area contributed by atoms with Crippen LogP contribution in [0.1, 0.15) is 43.6 Å². The second-order valence-electron chi connectivity index (χ2n) is 8.19. The number of hydrogen-bond acceptors (Lipinski definition) is 3. The lowest BCUT2D eigenvalue weighted by molar-refractivity contribution is -0.134. The number of likely N-dealkylation sites (tertiary alicyclic amines) is 1. The number of benzene rings is 1. The Morgan fingerprint density at radius 1 is 1.18 bits per heavy atom. The van der Waals surface area contributed by atoms with Crippen molar-refractivity contribution in [2.45, 2.75) is 44.1 Å². The van der Waals surface area contributed by atoms with Crippen LogP contribution in [0.3, 0.4) is 0 Å². The fourth-order valence-corrected chi connectivity index (χ4v) is 4.49. The SMILES string of the molecule is Cl.O=C(NCC1CCCN(C(=O)C2CC2c2ccc(F)cc2)C1)C1CCCN1. The second-order valence-corrected chi connectivity index (χ2v) is 8.19. The Labute approximate surface area is 171 Å². The molecular weight excluding hydrogens is 381 g/mol. The third-order valence-electron chi connectivity index (χ3n) is 6.18. The summed E-state index contributed by atoms with van der Waals surface area (Å²) in [5.41, 5.74) is 1.06. The van der Waals surface area contributed by atoms with Crippen LogP contribution in [0.15, 0.2) is 24.3 Å². The minimum absolute atomic E-state index is 0. The Hall–Kier alpha value is -1.66. The predicted octanol–water partition coefficient (Wildman–Crippen LogP) is 2.46. The smallest absolute Gasteiger partial charge is 0.237 e. The van der Waals surface area contributed by atoms with E-state index in [9.17, 15) is 14.0 Å². The number of carbonyl (C=O) groups is 2. The average molecular weight is 410 g/mol. The van der Waals surface area contributed by atoms with Gasteiger partial charge in [-0.2, -0.15) is 0 Å². The van der Waals surface area contributed by atoms with Gasteiger partial charge < -0.3 is 15.5 Å². The van der Waals surface area contributed by atoms with Gasteiger partial charge >= 0.3 is 0 Å². The fourth-order valence-electron chi connectivity index (χ4n) is 4.49. The summed E-state index contributed by atoms with van der Waals surface area (Å²) in [7, 11) is 0. The maximum atomic E-state index is 13.1. The number of halogens is 2. The molecule has 4 atom stereocenters. The van der Waals surface area contributed by atoms with Crippen LogP contribution < -0.4 is 10.6 Å². The molecule has 1 aromatic carbocycles. The van der Waals surface area contributed by atoms with Crippen molar-refractivity contribution in [1.29, 1.82) is 0 Å². The summed E-state index contributed by atoms with van der Waals surface area (Å²) in [5, 5.41) is 6.28. The highest BCUT2D eigenvalue weighted by Gasteiger charge is 2.46. The molecule has 2 aliphatic heterocycles.